The minimum absolute atomic E-state index is 0.0868. The van der Waals surface area contributed by atoms with Gasteiger partial charge in [0.2, 0.25) is 0 Å². The maximum atomic E-state index is 2.60. The Hall–Kier alpha value is -6.12. The molecule has 0 bridgehead atoms. The minimum atomic E-state index is -0.221. The van der Waals surface area contributed by atoms with E-state index < -0.39 is 0 Å². The van der Waals surface area contributed by atoms with Crippen molar-refractivity contribution >= 4 is 33.9 Å². The summed E-state index contributed by atoms with van der Waals surface area (Å²) < 4.78 is 0. The van der Waals surface area contributed by atoms with Gasteiger partial charge in [0.15, 0.2) is 0 Å². The fourth-order valence-corrected chi connectivity index (χ4v) is 10.6. The van der Waals surface area contributed by atoms with Gasteiger partial charge in [-0.3, -0.25) is 0 Å². The van der Waals surface area contributed by atoms with Crippen molar-refractivity contribution in [3.8, 4) is 22.3 Å². The summed E-state index contributed by atoms with van der Waals surface area (Å²) in [5.41, 5.74) is 18.1. The second-order valence-corrected chi connectivity index (χ2v) is 17.2. The molecule has 0 amide bonds. The van der Waals surface area contributed by atoms with Crippen molar-refractivity contribution in [1.29, 1.82) is 0 Å². The van der Waals surface area contributed by atoms with E-state index in [1.165, 1.54) is 89.3 Å². The van der Waals surface area contributed by atoms with Gasteiger partial charge in [-0.25, -0.2) is 0 Å². The van der Waals surface area contributed by atoms with Crippen molar-refractivity contribution in [2.45, 2.75) is 59.4 Å². The molecular weight excluding hydrogens is 689 g/mol. The summed E-state index contributed by atoms with van der Waals surface area (Å²) in [7, 11) is 0. The second kappa shape index (κ2) is 13.2. The molecule has 280 valence electrons. The maximum Gasteiger partial charge on any atom is 0.0655 e. The van der Waals surface area contributed by atoms with E-state index in [4.69, 9.17) is 0 Å². The maximum absolute atomic E-state index is 2.60. The first-order chi connectivity index (χ1) is 27.7. The van der Waals surface area contributed by atoms with Gasteiger partial charge in [0.1, 0.15) is 0 Å². The lowest BCUT2D eigenvalue weighted by Gasteiger charge is -2.37. The van der Waals surface area contributed by atoms with Crippen LogP contribution in [0.15, 0.2) is 181 Å². The van der Waals surface area contributed by atoms with E-state index in [1.54, 1.807) is 0 Å². The molecule has 1 aliphatic heterocycles. The monoisotopic (exact) mass is 738 g/mol. The van der Waals surface area contributed by atoms with E-state index in [1.807, 2.05) is 0 Å². The molecule has 6 aromatic carbocycles. The first-order valence-corrected chi connectivity index (χ1v) is 20.6. The zero-order valence-electron chi connectivity index (χ0n) is 33.9. The van der Waals surface area contributed by atoms with E-state index in [9.17, 15) is 0 Å². The SMILES string of the molecule is C/C=C\c1ccc2ccc(N(C3=C4C(=CC(C)C3)N(c3ccccc3)C3C=CC=CC43C)c3ccc(-c4cccc5c4C(C)(C)c4ccccc4-5)cc3)cc2c1C. The first kappa shape index (κ1) is 35.3. The van der Waals surface area contributed by atoms with Crippen molar-refractivity contribution < 1.29 is 0 Å². The highest BCUT2D eigenvalue weighted by molar-refractivity contribution is 5.93. The van der Waals surface area contributed by atoms with Gasteiger partial charge >= 0.3 is 0 Å². The number of anilines is 3. The zero-order valence-corrected chi connectivity index (χ0v) is 33.9. The molecule has 3 atom stereocenters. The summed E-state index contributed by atoms with van der Waals surface area (Å²) in [6, 6.07) is 48.0. The number of allylic oxidation sites excluding steroid dienone is 6. The number of para-hydroxylation sites is 1. The van der Waals surface area contributed by atoms with E-state index in [0.29, 0.717) is 5.92 Å². The van der Waals surface area contributed by atoms with Crippen molar-refractivity contribution in [1.82, 2.24) is 0 Å². The predicted molar refractivity (Wildman–Crippen MR) is 243 cm³/mol. The summed E-state index contributed by atoms with van der Waals surface area (Å²) in [4.78, 5) is 5.19. The van der Waals surface area contributed by atoms with Gasteiger partial charge in [-0.05, 0) is 125 Å². The van der Waals surface area contributed by atoms with Gasteiger partial charge < -0.3 is 9.80 Å². The lowest BCUT2D eigenvalue weighted by Crippen LogP contribution is -2.36. The Morgan fingerprint density at radius 1 is 0.737 bits per heavy atom. The van der Waals surface area contributed by atoms with Crippen molar-refractivity contribution in [3.63, 3.8) is 0 Å². The van der Waals surface area contributed by atoms with Gasteiger partial charge in [0.05, 0.1) is 6.04 Å². The average molecular weight is 739 g/mol. The summed E-state index contributed by atoms with van der Waals surface area (Å²) in [6.07, 6.45) is 17.2. The number of nitrogens with zero attached hydrogens (tertiary/aromatic N) is 2. The normalized spacial score (nSPS) is 21.4. The van der Waals surface area contributed by atoms with Crippen LogP contribution in [0.25, 0.3) is 39.1 Å². The fraction of sp³-hybridized carbons (Fsp3) is 0.200. The molecule has 0 aromatic heterocycles. The highest BCUT2D eigenvalue weighted by atomic mass is 15.2. The second-order valence-electron chi connectivity index (χ2n) is 17.2. The molecule has 1 fully saturated rings. The van der Waals surface area contributed by atoms with Gasteiger partial charge in [0, 0.05) is 44.9 Å². The molecular formula is C55H50N2. The van der Waals surface area contributed by atoms with E-state index in [-0.39, 0.29) is 16.9 Å². The molecule has 0 N–H and O–H groups in total. The highest BCUT2D eigenvalue weighted by Crippen LogP contribution is 2.57. The van der Waals surface area contributed by atoms with Gasteiger partial charge in [-0.15, -0.1) is 0 Å². The Kier molecular flexibility index (Phi) is 8.20. The highest BCUT2D eigenvalue weighted by Gasteiger charge is 2.52. The number of aryl methyl sites for hydroxylation is 1. The molecule has 2 heteroatoms. The Morgan fingerprint density at radius 3 is 2.26 bits per heavy atom. The Bertz CT molecular complexity index is 2740. The first-order valence-electron chi connectivity index (χ1n) is 20.6. The van der Waals surface area contributed by atoms with Crippen molar-refractivity contribution in [3.05, 3.63) is 203 Å². The largest absolute Gasteiger partial charge is 0.333 e. The van der Waals surface area contributed by atoms with Crippen LogP contribution in [0, 0.1) is 18.3 Å². The minimum Gasteiger partial charge on any atom is -0.333 e. The molecule has 10 rings (SSSR count). The topological polar surface area (TPSA) is 6.48 Å². The number of rotatable bonds is 6. The lowest BCUT2D eigenvalue weighted by molar-refractivity contribution is 0.487. The summed E-state index contributed by atoms with van der Waals surface area (Å²) >= 11 is 0. The predicted octanol–water partition coefficient (Wildman–Crippen LogP) is 14.5. The Balaban J connectivity index is 1.18. The molecule has 6 aromatic rings. The van der Waals surface area contributed by atoms with E-state index >= 15 is 0 Å². The van der Waals surface area contributed by atoms with Gasteiger partial charge in [-0.2, -0.15) is 0 Å². The standard InChI is InChI=1S/C55H50N2/c1-7-16-38-24-25-40-28-31-43(35-47(40)37(38)3)56(42-29-26-39(27-30-42)44-20-15-21-46-45-19-11-12-22-48(45)54(4,5)52(44)46)49-33-36(2)34-50-53(49)55(6)32-14-13-23-51(55)57(50)41-17-9-8-10-18-41/h7-32,34-36,51H,33H2,1-6H3/b16-7-. The smallest absolute Gasteiger partial charge is 0.0655 e. The zero-order chi connectivity index (χ0) is 39.1. The summed E-state index contributed by atoms with van der Waals surface area (Å²) in [5.74, 6) is 0.350. The van der Waals surface area contributed by atoms with Crippen LogP contribution in [0.5, 0.6) is 0 Å². The van der Waals surface area contributed by atoms with Crippen LogP contribution in [0.3, 0.4) is 0 Å². The molecule has 0 spiro atoms. The Labute approximate surface area is 338 Å². The molecule has 0 saturated carbocycles. The molecule has 1 saturated heterocycles. The molecule has 3 unspecified atom stereocenters. The van der Waals surface area contributed by atoms with Gasteiger partial charge in [0.25, 0.3) is 0 Å². The van der Waals surface area contributed by atoms with Crippen LogP contribution in [0.1, 0.15) is 63.3 Å². The molecule has 4 aliphatic rings. The third-order valence-corrected chi connectivity index (χ3v) is 13.3. The Morgan fingerprint density at radius 2 is 1.46 bits per heavy atom. The van der Waals surface area contributed by atoms with Crippen LogP contribution >= 0.6 is 0 Å². The summed E-state index contributed by atoms with van der Waals surface area (Å²) in [6.45, 7) is 14.0. The fourth-order valence-electron chi connectivity index (χ4n) is 10.6. The van der Waals surface area contributed by atoms with E-state index in [0.717, 1.165) is 6.42 Å². The third-order valence-electron chi connectivity index (χ3n) is 13.3. The molecule has 0 radical (unpaired) electrons. The quantitative estimate of drug-likeness (QED) is 0.168. The van der Waals surface area contributed by atoms with Crippen LogP contribution in [-0.4, -0.2) is 6.04 Å². The number of hydrogen-bond acceptors (Lipinski definition) is 2. The van der Waals surface area contributed by atoms with Crippen LogP contribution in [-0.2, 0) is 5.41 Å². The van der Waals surface area contributed by atoms with Crippen molar-refractivity contribution in [2.24, 2.45) is 11.3 Å². The molecule has 1 heterocycles. The van der Waals surface area contributed by atoms with Gasteiger partial charge in [-0.1, -0.05) is 154 Å². The van der Waals surface area contributed by atoms with Crippen LogP contribution in [0.4, 0.5) is 17.1 Å². The van der Waals surface area contributed by atoms with Crippen LogP contribution in [0.2, 0.25) is 0 Å². The molecule has 3 aliphatic carbocycles. The number of benzene rings is 6. The van der Waals surface area contributed by atoms with Crippen molar-refractivity contribution in [2.75, 3.05) is 9.80 Å². The molecule has 57 heavy (non-hydrogen) atoms. The average Bonchev–Trinajstić information content (AvgIpc) is 3.63. The summed E-state index contributed by atoms with van der Waals surface area (Å²) in [5, 5.41) is 2.55. The third kappa shape index (κ3) is 5.37. The number of fused-ring (bicyclic) bond motifs is 7. The lowest BCUT2D eigenvalue weighted by atomic mass is 9.72. The van der Waals surface area contributed by atoms with Crippen LogP contribution < -0.4 is 9.80 Å². The van der Waals surface area contributed by atoms with E-state index in [2.05, 4.69) is 221 Å². The molecule has 2 nitrogen and oxygen atoms in total. The number of hydrogen-bond donors (Lipinski definition) is 0.